The summed E-state index contributed by atoms with van der Waals surface area (Å²) in [6.45, 7) is 1.99. The molecule has 0 saturated carbocycles. The molecule has 0 aliphatic heterocycles. The first-order chi connectivity index (χ1) is 14.0. The topological polar surface area (TPSA) is 103 Å². The molecule has 7 nitrogen and oxygen atoms in total. The average Bonchev–Trinajstić information content (AvgIpc) is 3.15. The molecule has 2 aromatic rings. The Morgan fingerprint density at radius 2 is 2.17 bits per heavy atom. The number of carbonyl (C=O) groups is 2. The van der Waals surface area contributed by atoms with Crippen molar-refractivity contribution >= 4 is 29.4 Å². The zero-order valence-corrected chi connectivity index (χ0v) is 17.4. The summed E-state index contributed by atoms with van der Waals surface area (Å²) >= 11 is 1.56. The van der Waals surface area contributed by atoms with Crippen LogP contribution in [0.1, 0.15) is 45.4 Å². The lowest BCUT2D eigenvalue weighted by Gasteiger charge is -2.19. The molecule has 1 aliphatic carbocycles. The monoisotopic (exact) mass is 415 g/mol. The van der Waals surface area contributed by atoms with Crippen LogP contribution >= 0.6 is 11.3 Å². The SMILES string of the molecule is CCC1CCc2sc(C(=O)N/N=C/c3ccc(OCC(N)=O)c(OC)c3)cc2C1. The first-order valence-electron chi connectivity index (χ1n) is 9.54. The van der Waals surface area contributed by atoms with Gasteiger partial charge in [-0.15, -0.1) is 11.3 Å². The van der Waals surface area contributed by atoms with Gasteiger partial charge < -0.3 is 15.2 Å². The number of methoxy groups -OCH3 is 1. The standard InChI is InChI=1S/C21H25N3O4S/c1-3-13-5-7-18-15(8-13)10-19(29-18)21(26)24-23-11-14-4-6-16(17(9-14)27-2)28-12-20(22)25/h4,6,9-11,13H,3,5,7-8,12H2,1-2H3,(H2,22,25)(H,24,26)/b23-11+. The van der Waals surface area contributed by atoms with Gasteiger partial charge >= 0.3 is 0 Å². The van der Waals surface area contributed by atoms with Crippen molar-refractivity contribution in [1.82, 2.24) is 5.43 Å². The van der Waals surface area contributed by atoms with Gasteiger partial charge in [-0.25, -0.2) is 5.43 Å². The van der Waals surface area contributed by atoms with E-state index in [1.54, 1.807) is 29.5 Å². The van der Waals surface area contributed by atoms with Gasteiger partial charge in [-0.05, 0) is 60.6 Å². The fraction of sp³-hybridized carbons (Fsp3) is 0.381. The summed E-state index contributed by atoms with van der Waals surface area (Å²) in [5.74, 6) is 0.791. The lowest BCUT2D eigenvalue weighted by atomic mass is 9.87. The highest BCUT2D eigenvalue weighted by molar-refractivity contribution is 7.14. The van der Waals surface area contributed by atoms with Crippen LogP contribution < -0.4 is 20.6 Å². The van der Waals surface area contributed by atoms with Crippen LogP contribution in [0.25, 0.3) is 0 Å². The average molecular weight is 416 g/mol. The fourth-order valence-electron chi connectivity index (χ4n) is 3.31. The van der Waals surface area contributed by atoms with Crippen LogP contribution in [0.5, 0.6) is 11.5 Å². The molecular formula is C21H25N3O4S. The molecule has 29 heavy (non-hydrogen) atoms. The normalized spacial score (nSPS) is 15.7. The molecule has 1 aromatic heterocycles. The minimum atomic E-state index is -0.569. The number of hydrazone groups is 1. The summed E-state index contributed by atoms with van der Waals surface area (Å²) in [5, 5.41) is 4.05. The highest BCUT2D eigenvalue weighted by Crippen LogP contribution is 2.33. The quantitative estimate of drug-likeness (QED) is 0.511. The number of hydrogen-bond acceptors (Lipinski definition) is 6. The van der Waals surface area contributed by atoms with Gasteiger partial charge in [-0.1, -0.05) is 13.3 Å². The Morgan fingerprint density at radius 1 is 1.34 bits per heavy atom. The van der Waals surface area contributed by atoms with E-state index in [0.29, 0.717) is 21.9 Å². The van der Waals surface area contributed by atoms with Crippen molar-refractivity contribution in [3.05, 3.63) is 45.1 Å². The Labute approximate surface area is 173 Å². The van der Waals surface area contributed by atoms with Gasteiger partial charge in [0.15, 0.2) is 18.1 Å². The number of aryl methyl sites for hydroxylation is 1. The zero-order chi connectivity index (χ0) is 20.8. The van der Waals surface area contributed by atoms with Gasteiger partial charge in [0.1, 0.15) is 0 Å². The summed E-state index contributed by atoms with van der Waals surface area (Å²) in [6.07, 6.45) is 6.02. The number of nitrogens with one attached hydrogen (secondary N) is 1. The van der Waals surface area contributed by atoms with Crippen LogP contribution in [0, 0.1) is 5.92 Å². The Hall–Kier alpha value is -2.87. The smallest absolute Gasteiger partial charge is 0.281 e. The van der Waals surface area contributed by atoms with E-state index in [0.717, 1.165) is 18.8 Å². The first-order valence-corrected chi connectivity index (χ1v) is 10.4. The summed E-state index contributed by atoms with van der Waals surface area (Å²) < 4.78 is 10.5. The molecule has 8 heteroatoms. The van der Waals surface area contributed by atoms with E-state index < -0.39 is 5.91 Å². The molecule has 1 atom stereocenters. The number of carbonyl (C=O) groups excluding carboxylic acids is 2. The minimum absolute atomic E-state index is 0.206. The van der Waals surface area contributed by atoms with E-state index in [1.165, 1.54) is 36.6 Å². The van der Waals surface area contributed by atoms with E-state index >= 15 is 0 Å². The van der Waals surface area contributed by atoms with Crippen LogP contribution in [0.15, 0.2) is 29.4 Å². The molecule has 1 unspecified atom stereocenters. The van der Waals surface area contributed by atoms with E-state index in [-0.39, 0.29) is 12.5 Å². The number of primary amides is 1. The maximum atomic E-state index is 12.4. The highest BCUT2D eigenvalue weighted by Gasteiger charge is 2.21. The summed E-state index contributed by atoms with van der Waals surface area (Å²) in [7, 11) is 1.50. The number of ether oxygens (including phenoxy) is 2. The van der Waals surface area contributed by atoms with Gasteiger partial charge in [0.25, 0.3) is 11.8 Å². The largest absolute Gasteiger partial charge is 0.493 e. The van der Waals surface area contributed by atoms with Crippen molar-refractivity contribution in [2.75, 3.05) is 13.7 Å². The van der Waals surface area contributed by atoms with Crippen LogP contribution in [-0.4, -0.2) is 31.7 Å². The number of rotatable bonds is 8. The maximum Gasteiger partial charge on any atom is 0.281 e. The van der Waals surface area contributed by atoms with Gasteiger partial charge in [-0.3, -0.25) is 9.59 Å². The molecule has 1 aromatic carbocycles. The van der Waals surface area contributed by atoms with Crippen LogP contribution in [-0.2, 0) is 17.6 Å². The van der Waals surface area contributed by atoms with Gasteiger partial charge in [-0.2, -0.15) is 5.10 Å². The fourth-order valence-corrected chi connectivity index (χ4v) is 4.41. The Bertz CT molecular complexity index is 923. The molecule has 0 bridgehead atoms. The third-order valence-electron chi connectivity index (χ3n) is 4.92. The van der Waals surface area contributed by atoms with Crippen LogP contribution in [0.2, 0.25) is 0 Å². The van der Waals surface area contributed by atoms with Gasteiger partial charge in [0.2, 0.25) is 0 Å². The molecule has 3 N–H and O–H groups in total. The number of nitrogens with two attached hydrogens (primary N) is 1. The predicted molar refractivity (Wildman–Crippen MR) is 113 cm³/mol. The summed E-state index contributed by atoms with van der Waals surface area (Å²) in [5.41, 5.74) is 9.68. The van der Waals surface area contributed by atoms with Crippen molar-refractivity contribution in [2.45, 2.75) is 32.6 Å². The minimum Gasteiger partial charge on any atom is -0.493 e. The molecule has 3 rings (SSSR count). The van der Waals surface area contributed by atoms with Crippen molar-refractivity contribution in [2.24, 2.45) is 16.8 Å². The number of nitrogens with zero attached hydrogens (tertiary/aromatic N) is 1. The van der Waals surface area contributed by atoms with Crippen LogP contribution in [0.3, 0.4) is 0 Å². The van der Waals surface area contributed by atoms with E-state index in [4.69, 9.17) is 15.2 Å². The Balaban J connectivity index is 1.61. The van der Waals surface area contributed by atoms with Crippen molar-refractivity contribution in [1.29, 1.82) is 0 Å². The third kappa shape index (κ3) is 5.35. The van der Waals surface area contributed by atoms with E-state index in [2.05, 4.69) is 17.5 Å². The predicted octanol–water partition coefficient (Wildman–Crippen LogP) is 2.90. The molecule has 0 saturated heterocycles. The van der Waals surface area contributed by atoms with Crippen molar-refractivity contribution in [3.8, 4) is 11.5 Å². The lowest BCUT2D eigenvalue weighted by molar-refractivity contribution is -0.119. The molecule has 0 radical (unpaired) electrons. The second-order valence-electron chi connectivity index (χ2n) is 6.94. The molecule has 0 spiro atoms. The highest BCUT2D eigenvalue weighted by atomic mass is 32.1. The number of fused-ring (bicyclic) bond motifs is 1. The second kappa shape index (κ2) is 9.56. The Morgan fingerprint density at radius 3 is 2.90 bits per heavy atom. The summed E-state index contributed by atoms with van der Waals surface area (Å²) in [6, 6.07) is 7.09. The molecule has 154 valence electrons. The Kier molecular flexibility index (Phi) is 6.87. The number of amides is 2. The molecular weight excluding hydrogens is 390 g/mol. The number of benzene rings is 1. The van der Waals surface area contributed by atoms with Gasteiger partial charge in [0.05, 0.1) is 18.2 Å². The van der Waals surface area contributed by atoms with E-state index in [1.807, 2.05) is 6.07 Å². The number of hydrogen-bond donors (Lipinski definition) is 2. The molecule has 2 amide bonds. The first kappa shape index (κ1) is 20.9. The van der Waals surface area contributed by atoms with Gasteiger partial charge in [0, 0.05) is 4.88 Å². The molecule has 1 aliphatic rings. The molecule has 1 heterocycles. The lowest BCUT2D eigenvalue weighted by Crippen LogP contribution is -2.20. The van der Waals surface area contributed by atoms with Crippen molar-refractivity contribution in [3.63, 3.8) is 0 Å². The maximum absolute atomic E-state index is 12.4. The summed E-state index contributed by atoms with van der Waals surface area (Å²) in [4.78, 5) is 25.3. The zero-order valence-electron chi connectivity index (χ0n) is 16.6. The third-order valence-corrected chi connectivity index (χ3v) is 6.16. The van der Waals surface area contributed by atoms with E-state index in [9.17, 15) is 9.59 Å². The second-order valence-corrected chi connectivity index (χ2v) is 8.08. The van der Waals surface area contributed by atoms with Crippen molar-refractivity contribution < 1.29 is 19.1 Å². The number of thiophene rings is 1. The van der Waals surface area contributed by atoms with Crippen LogP contribution in [0.4, 0.5) is 0 Å². The molecule has 0 fully saturated rings.